The summed E-state index contributed by atoms with van der Waals surface area (Å²) in [7, 11) is 1.56. The third-order valence-corrected chi connectivity index (χ3v) is 6.28. The number of nitrogens with zero attached hydrogens (tertiary/aromatic N) is 3. The molecule has 0 saturated heterocycles. The Labute approximate surface area is 178 Å². The molecule has 2 heterocycles. The maximum absolute atomic E-state index is 12.5. The van der Waals surface area contributed by atoms with E-state index in [2.05, 4.69) is 30.7 Å². The quantitative estimate of drug-likeness (QED) is 0.503. The Kier molecular flexibility index (Phi) is 7.04. The van der Waals surface area contributed by atoms with Gasteiger partial charge in [-0.3, -0.25) is 14.3 Å². The summed E-state index contributed by atoms with van der Waals surface area (Å²) >= 11 is 1.51. The fourth-order valence-electron chi connectivity index (χ4n) is 3.01. The number of hydrogen-bond acceptors (Lipinski definition) is 6. The van der Waals surface area contributed by atoms with E-state index in [4.69, 9.17) is 4.74 Å². The summed E-state index contributed by atoms with van der Waals surface area (Å²) in [5.41, 5.74) is 0.757. The molecular formula is C21H28N4O4S. The van der Waals surface area contributed by atoms with Gasteiger partial charge in [0.1, 0.15) is 18.5 Å². The Morgan fingerprint density at radius 3 is 2.57 bits per heavy atom. The lowest BCUT2D eigenvalue weighted by molar-refractivity contribution is 0.0913. The minimum absolute atomic E-state index is 0.0717. The molecule has 8 nitrogen and oxygen atoms in total. The first-order chi connectivity index (χ1) is 14.3. The molecule has 2 atom stereocenters. The predicted octanol–water partition coefficient (Wildman–Crippen LogP) is 2.32. The van der Waals surface area contributed by atoms with Crippen LogP contribution in [0.25, 0.3) is 11.2 Å². The third kappa shape index (κ3) is 4.79. The Morgan fingerprint density at radius 2 is 1.93 bits per heavy atom. The molecule has 162 valence electrons. The molecule has 0 bridgehead atoms. The molecule has 3 aromatic rings. The molecule has 0 aliphatic carbocycles. The maximum Gasteiger partial charge on any atom is 0.329 e. The summed E-state index contributed by atoms with van der Waals surface area (Å²) in [5.74, 6) is 0.677. The number of aliphatic hydroxyl groups is 1. The summed E-state index contributed by atoms with van der Waals surface area (Å²) in [6, 6.07) is 7.74. The number of H-pyrrole nitrogens is 1. The zero-order chi connectivity index (χ0) is 21.8. The highest BCUT2D eigenvalue weighted by Gasteiger charge is 2.21. The highest BCUT2D eigenvalue weighted by Crippen LogP contribution is 2.27. The van der Waals surface area contributed by atoms with Gasteiger partial charge in [-0.2, -0.15) is 0 Å². The number of imidazole rings is 1. The number of nitrogens with one attached hydrogen (secondary N) is 1. The van der Waals surface area contributed by atoms with Crippen molar-refractivity contribution in [3.63, 3.8) is 0 Å². The Hall–Kier alpha value is -2.52. The first kappa shape index (κ1) is 22.2. The molecule has 2 N–H and O–H groups in total. The van der Waals surface area contributed by atoms with Crippen molar-refractivity contribution in [1.82, 2.24) is 19.1 Å². The Bertz CT molecular complexity index is 1120. The highest BCUT2D eigenvalue weighted by molar-refractivity contribution is 7.99. The van der Waals surface area contributed by atoms with Crippen LogP contribution in [0.4, 0.5) is 0 Å². The lowest BCUT2D eigenvalue weighted by Crippen LogP contribution is -2.30. The van der Waals surface area contributed by atoms with Gasteiger partial charge in [0.15, 0.2) is 16.3 Å². The van der Waals surface area contributed by atoms with Crippen LogP contribution in [0.2, 0.25) is 0 Å². The van der Waals surface area contributed by atoms with Crippen LogP contribution in [0.5, 0.6) is 5.75 Å². The summed E-state index contributed by atoms with van der Waals surface area (Å²) < 4.78 is 8.70. The van der Waals surface area contributed by atoms with Gasteiger partial charge in [-0.1, -0.05) is 44.7 Å². The molecule has 3 rings (SSSR count). The number of aryl methyl sites for hydroxylation is 2. The van der Waals surface area contributed by atoms with Gasteiger partial charge in [0.05, 0.1) is 6.54 Å². The van der Waals surface area contributed by atoms with Crippen LogP contribution in [0, 0.1) is 0 Å². The van der Waals surface area contributed by atoms with Crippen LogP contribution < -0.4 is 16.0 Å². The van der Waals surface area contributed by atoms with Crippen molar-refractivity contribution in [2.24, 2.45) is 7.05 Å². The van der Waals surface area contributed by atoms with Gasteiger partial charge in [-0.05, 0) is 30.5 Å². The second-order valence-electron chi connectivity index (χ2n) is 7.29. The number of aliphatic hydroxyl groups excluding tert-OH is 1. The zero-order valence-corrected chi connectivity index (χ0v) is 18.5. The lowest BCUT2D eigenvalue weighted by atomic mass is 10.2. The first-order valence-electron chi connectivity index (χ1n) is 10.1. The van der Waals surface area contributed by atoms with Crippen LogP contribution in [-0.4, -0.2) is 42.2 Å². The first-order valence-corrected chi connectivity index (χ1v) is 11.0. The van der Waals surface area contributed by atoms with Crippen LogP contribution >= 0.6 is 11.8 Å². The molecule has 0 amide bonds. The molecule has 2 aromatic heterocycles. The third-order valence-electron chi connectivity index (χ3n) is 5.02. The molecular weight excluding hydrogens is 404 g/mol. The van der Waals surface area contributed by atoms with E-state index >= 15 is 0 Å². The summed E-state index contributed by atoms with van der Waals surface area (Å²) in [6.45, 7) is 6.42. The number of thioether (sulfide) groups is 1. The van der Waals surface area contributed by atoms with Crippen molar-refractivity contribution in [2.45, 2.75) is 56.7 Å². The van der Waals surface area contributed by atoms with E-state index in [-0.39, 0.29) is 23.9 Å². The number of ether oxygens (including phenoxy) is 1. The Morgan fingerprint density at radius 1 is 1.23 bits per heavy atom. The fourth-order valence-corrected chi connectivity index (χ4v) is 3.97. The van der Waals surface area contributed by atoms with E-state index in [1.165, 1.54) is 21.9 Å². The molecule has 0 saturated carbocycles. The molecule has 0 aliphatic rings. The number of hydrogen-bond donors (Lipinski definition) is 2. The number of aromatic amines is 1. The molecule has 0 radical (unpaired) electrons. The number of benzene rings is 1. The minimum atomic E-state index is -0.860. The number of fused-ring (bicyclic) bond motifs is 1. The molecule has 30 heavy (non-hydrogen) atoms. The van der Waals surface area contributed by atoms with Crippen LogP contribution in [0.1, 0.15) is 32.8 Å². The van der Waals surface area contributed by atoms with E-state index in [0.29, 0.717) is 16.6 Å². The van der Waals surface area contributed by atoms with Crippen molar-refractivity contribution >= 4 is 22.9 Å². The van der Waals surface area contributed by atoms with E-state index in [1.54, 1.807) is 11.6 Å². The SMILES string of the molecule is CCc1ccc(OC[C@@H](O)Cn2c(S[C@@H](C)CC)nc3c2c(=O)[nH]c(=O)n3C)cc1. The van der Waals surface area contributed by atoms with Crippen molar-refractivity contribution < 1.29 is 9.84 Å². The van der Waals surface area contributed by atoms with Gasteiger partial charge < -0.3 is 14.4 Å². The summed E-state index contributed by atoms with van der Waals surface area (Å²) in [4.78, 5) is 31.3. The molecule has 0 unspecified atom stereocenters. The predicted molar refractivity (Wildman–Crippen MR) is 119 cm³/mol. The van der Waals surface area contributed by atoms with Crippen LogP contribution in [0.15, 0.2) is 39.0 Å². The van der Waals surface area contributed by atoms with Gasteiger partial charge >= 0.3 is 5.69 Å². The lowest BCUT2D eigenvalue weighted by Gasteiger charge is -2.16. The topological polar surface area (TPSA) is 102 Å². The van der Waals surface area contributed by atoms with Gasteiger partial charge in [0.25, 0.3) is 5.56 Å². The maximum atomic E-state index is 12.5. The number of rotatable bonds is 9. The normalized spacial score (nSPS) is 13.5. The van der Waals surface area contributed by atoms with E-state index in [1.807, 2.05) is 24.3 Å². The van der Waals surface area contributed by atoms with Crippen molar-refractivity contribution in [1.29, 1.82) is 0 Å². The van der Waals surface area contributed by atoms with E-state index < -0.39 is 17.4 Å². The van der Waals surface area contributed by atoms with Crippen LogP contribution in [0.3, 0.4) is 0 Å². The largest absolute Gasteiger partial charge is 0.491 e. The van der Waals surface area contributed by atoms with E-state index in [9.17, 15) is 14.7 Å². The molecule has 0 aliphatic heterocycles. The van der Waals surface area contributed by atoms with Crippen LogP contribution in [-0.2, 0) is 20.0 Å². The van der Waals surface area contributed by atoms with E-state index in [0.717, 1.165) is 12.8 Å². The summed E-state index contributed by atoms with van der Waals surface area (Å²) in [5, 5.41) is 11.5. The fraction of sp³-hybridized carbons (Fsp3) is 0.476. The molecule has 9 heteroatoms. The average molecular weight is 433 g/mol. The molecule has 1 aromatic carbocycles. The smallest absolute Gasteiger partial charge is 0.329 e. The number of aromatic nitrogens is 4. The monoisotopic (exact) mass is 432 g/mol. The average Bonchev–Trinajstić information content (AvgIpc) is 3.09. The Balaban J connectivity index is 1.86. The minimum Gasteiger partial charge on any atom is -0.491 e. The zero-order valence-electron chi connectivity index (χ0n) is 17.7. The van der Waals surface area contributed by atoms with Gasteiger partial charge in [0, 0.05) is 12.3 Å². The van der Waals surface area contributed by atoms with Crippen molar-refractivity contribution in [2.75, 3.05) is 6.61 Å². The molecule has 0 spiro atoms. The van der Waals surface area contributed by atoms with Crippen molar-refractivity contribution in [3.05, 3.63) is 50.7 Å². The van der Waals surface area contributed by atoms with Gasteiger partial charge in [0.2, 0.25) is 0 Å². The second-order valence-corrected chi connectivity index (χ2v) is 8.70. The molecule has 0 fully saturated rings. The van der Waals surface area contributed by atoms with Gasteiger partial charge in [-0.25, -0.2) is 9.78 Å². The summed E-state index contributed by atoms with van der Waals surface area (Å²) in [6.07, 6.45) is 1.01. The van der Waals surface area contributed by atoms with Gasteiger partial charge in [-0.15, -0.1) is 0 Å². The van der Waals surface area contributed by atoms with Crippen molar-refractivity contribution in [3.8, 4) is 5.75 Å². The second kappa shape index (κ2) is 9.53. The standard InChI is InChI=1S/C21H28N4O4S/c1-5-13(3)30-21-22-18-17(19(27)23-20(28)24(18)4)25(21)11-15(26)12-29-16-9-7-14(6-2)8-10-16/h7-10,13,15,26H,5-6,11-12H2,1-4H3,(H,23,27,28)/t13-,15-/m0/s1. The highest BCUT2D eigenvalue weighted by atomic mass is 32.2.